The Morgan fingerprint density at radius 3 is 1.94 bits per heavy atom. The summed E-state index contributed by atoms with van der Waals surface area (Å²) in [4.78, 5) is 16.6. The minimum atomic E-state index is -4.46. The average molecular weight is 256 g/mol. The van der Waals surface area contributed by atoms with Gasteiger partial charge in [-0.05, 0) is 26.8 Å². The standard InChI is InChI=1S/C5H11O5P.C4H10O/c1-3-5(9-4-2)10-11(6,7)8;1-3-5-4-2/h3,5H,1,4H2,2H3,(H2,6,7,8);3-4H2,1-2H3. The van der Waals surface area contributed by atoms with Crippen molar-refractivity contribution in [3.63, 3.8) is 0 Å². The Morgan fingerprint density at radius 1 is 1.25 bits per heavy atom. The molecule has 0 aliphatic heterocycles. The van der Waals surface area contributed by atoms with Crippen LogP contribution in [0.5, 0.6) is 0 Å². The normalized spacial score (nSPS) is 12.6. The molecule has 7 heteroatoms. The van der Waals surface area contributed by atoms with E-state index in [9.17, 15) is 4.57 Å². The summed E-state index contributed by atoms with van der Waals surface area (Å²) < 4.78 is 23.9. The second-order valence-corrected chi connectivity index (χ2v) is 3.63. The molecule has 0 fully saturated rings. The van der Waals surface area contributed by atoms with Crippen molar-refractivity contribution in [2.45, 2.75) is 27.1 Å². The van der Waals surface area contributed by atoms with E-state index in [0.717, 1.165) is 13.2 Å². The lowest BCUT2D eigenvalue weighted by molar-refractivity contribution is -0.0543. The molecule has 0 aromatic rings. The van der Waals surface area contributed by atoms with Gasteiger partial charge in [0.15, 0.2) is 6.29 Å². The van der Waals surface area contributed by atoms with Gasteiger partial charge in [-0.1, -0.05) is 6.58 Å². The van der Waals surface area contributed by atoms with E-state index in [-0.39, 0.29) is 0 Å². The highest BCUT2D eigenvalue weighted by atomic mass is 31.2. The van der Waals surface area contributed by atoms with Gasteiger partial charge in [-0.2, -0.15) is 0 Å². The molecule has 0 saturated carbocycles. The topological polar surface area (TPSA) is 85.2 Å². The summed E-state index contributed by atoms with van der Waals surface area (Å²) in [5.41, 5.74) is 0. The molecule has 0 aromatic carbocycles. The van der Waals surface area contributed by atoms with Gasteiger partial charge in [0, 0.05) is 19.8 Å². The number of hydrogen-bond donors (Lipinski definition) is 2. The van der Waals surface area contributed by atoms with E-state index in [1.807, 2.05) is 13.8 Å². The van der Waals surface area contributed by atoms with Crippen LogP contribution in [-0.4, -0.2) is 35.9 Å². The Balaban J connectivity index is 0. The first-order valence-corrected chi connectivity index (χ1v) is 6.50. The summed E-state index contributed by atoms with van der Waals surface area (Å²) >= 11 is 0. The smallest absolute Gasteiger partial charge is 0.382 e. The first-order valence-electron chi connectivity index (χ1n) is 4.97. The largest absolute Gasteiger partial charge is 0.472 e. The van der Waals surface area contributed by atoms with Crippen LogP contribution in [0.1, 0.15) is 20.8 Å². The van der Waals surface area contributed by atoms with Crippen LogP contribution >= 0.6 is 7.82 Å². The van der Waals surface area contributed by atoms with Gasteiger partial charge >= 0.3 is 7.82 Å². The molecule has 98 valence electrons. The van der Waals surface area contributed by atoms with Crippen molar-refractivity contribution in [2.24, 2.45) is 0 Å². The molecule has 0 spiro atoms. The predicted molar refractivity (Wildman–Crippen MR) is 60.9 cm³/mol. The summed E-state index contributed by atoms with van der Waals surface area (Å²) in [5, 5.41) is 0. The molecule has 0 radical (unpaired) electrons. The van der Waals surface area contributed by atoms with Gasteiger partial charge in [0.2, 0.25) is 0 Å². The van der Waals surface area contributed by atoms with Crippen LogP contribution < -0.4 is 0 Å². The maximum absolute atomic E-state index is 10.2. The van der Waals surface area contributed by atoms with E-state index < -0.39 is 14.1 Å². The highest BCUT2D eigenvalue weighted by Gasteiger charge is 2.19. The molecule has 6 nitrogen and oxygen atoms in total. The van der Waals surface area contributed by atoms with E-state index in [0.29, 0.717) is 6.61 Å². The van der Waals surface area contributed by atoms with Crippen LogP contribution in [0.4, 0.5) is 0 Å². The molecule has 0 aliphatic carbocycles. The van der Waals surface area contributed by atoms with E-state index in [2.05, 4.69) is 11.1 Å². The van der Waals surface area contributed by atoms with Crippen LogP contribution in [0, 0.1) is 0 Å². The van der Waals surface area contributed by atoms with Crippen molar-refractivity contribution in [1.29, 1.82) is 0 Å². The second kappa shape index (κ2) is 11.3. The first kappa shape index (κ1) is 18.1. The van der Waals surface area contributed by atoms with Gasteiger partial charge in [0.25, 0.3) is 0 Å². The molecular formula is C9H21O6P. The molecule has 0 rings (SSSR count). The van der Waals surface area contributed by atoms with Gasteiger partial charge in [-0.25, -0.2) is 4.57 Å². The number of phosphoric ester groups is 1. The van der Waals surface area contributed by atoms with E-state index >= 15 is 0 Å². The van der Waals surface area contributed by atoms with E-state index in [4.69, 9.17) is 19.3 Å². The lowest BCUT2D eigenvalue weighted by atomic mass is 10.6. The monoisotopic (exact) mass is 256 g/mol. The van der Waals surface area contributed by atoms with Gasteiger partial charge in [-0.3, -0.25) is 4.52 Å². The number of phosphoric acid groups is 1. The predicted octanol–water partition coefficient (Wildman–Crippen LogP) is 1.69. The maximum Gasteiger partial charge on any atom is 0.472 e. The van der Waals surface area contributed by atoms with Gasteiger partial charge in [0.1, 0.15) is 0 Å². The Labute approximate surface area is 96.5 Å². The van der Waals surface area contributed by atoms with Crippen molar-refractivity contribution < 1.29 is 28.3 Å². The molecule has 0 saturated heterocycles. The third kappa shape index (κ3) is 16.2. The van der Waals surface area contributed by atoms with Crippen LogP contribution in [0.25, 0.3) is 0 Å². The zero-order chi connectivity index (χ0) is 13.0. The minimum Gasteiger partial charge on any atom is -0.382 e. The molecule has 0 bridgehead atoms. The number of hydrogen-bond acceptors (Lipinski definition) is 4. The van der Waals surface area contributed by atoms with E-state index in [1.165, 1.54) is 6.08 Å². The van der Waals surface area contributed by atoms with Crippen LogP contribution in [0.15, 0.2) is 12.7 Å². The molecule has 1 atom stereocenters. The molecule has 0 aliphatic rings. The SMILES string of the molecule is C=CC(OCC)OP(=O)(O)O.CCOCC. The quantitative estimate of drug-likeness (QED) is 0.409. The van der Waals surface area contributed by atoms with Crippen molar-refractivity contribution in [2.75, 3.05) is 19.8 Å². The summed E-state index contributed by atoms with van der Waals surface area (Å²) in [7, 11) is -4.46. The van der Waals surface area contributed by atoms with Crippen LogP contribution in [0.2, 0.25) is 0 Å². The zero-order valence-electron chi connectivity index (χ0n) is 9.96. The van der Waals surface area contributed by atoms with Crippen LogP contribution in [0.3, 0.4) is 0 Å². The number of rotatable bonds is 7. The Hall–Kier alpha value is -0.230. The lowest BCUT2D eigenvalue weighted by Crippen LogP contribution is -2.12. The molecule has 1 unspecified atom stereocenters. The summed E-state index contributed by atoms with van der Waals surface area (Å²) in [6.45, 7) is 10.9. The summed E-state index contributed by atoms with van der Waals surface area (Å²) in [6.07, 6.45) is 0.128. The van der Waals surface area contributed by atoms with Crippen molar-refractivity contribution >= 4 is 7.82 Å². The Kier molecular flexibility index (Phi) is 12.8. The molecular weight excluding hydrogens is 235 g/mol. The fraction of sp³-hybridized carbons (Fsp3) is 0.778. The van der Waals surface area contributed by atoms with Crippen molar-refractivity contribution in [1.82, 2.24) is 0 Å². The third-order valence-electron chi connectivity index (χ3n) is 1.17. The fourth-order valence-corrected chi connectivity index (χ4v) is 1.06. The number of ether oxygens (including phenoxy) is 2. The van der Waals surface area contributed by atoms with Crippen molar-refractivity contribution in [3.8, 4) is 0 Å². The Morgan fingerprint density at radius 2 is 1.75 bits per heavy atom. The van der Waals surface area contributed by atoms with Crippen LogP contribution in [-0.2, 0) is 18.6 Å². The molecule has 16 heavy (non-hydrogen) atoms. The van der Waals surface area contributed by atoms with Crippen molar-refractivity contribution in [3.05, 3.63) is 12.7 Å². The van der Waals surface area contributed by atoms with Gasteiger partial charge in [0.05, 0.1) is 0 Å². The Bertz CT molecular complexity index is 200. The van der Waals surface area contributed by atoms with Gasteiger partial charge in [-0.15, -0.1) is 0 Å². The minimum absolute atomic E-state index is 0.302. The molecule has 0 heterocycles. The molecule has 0 aromatic heterocycles. The highest BCUT2D eigenvalue weighted by Crippen LogP contribution is 2.37. The first-order chi connectivity index (χ1) is 7.41. The average Bonchev–Trinajstić information content (AvgIpc) is 2.17. The maximum atomic E-state index is 10.2. The second-order valence-electron chi connectivity index (χ2n) is 2.44. The molecule has 0 amide bonds. The zero-order valence-corrected chi connectivity index (χ0v) is 10.9. The molecule has 2 N–H and O–H groups in total. The lowest BCUT2D eigenvalue weighted by Gasteiger charge is -2.13. The summed E-state index contributed by atoms with van der Waals surface area (Å²) in [6, 6.07) is 0. The fourth-order valence-electron chi connectivity index (χ4n) is 0.645. The van der Waals surface area contributed by atoms with E-state index in [1.54, 1.807) is 6.92 Å². The highest BCUT2D eigenvalue weighted by molar-refractivity contribution is 7.46. The van der Waals surface area contributed by atoms with Gasteiger partial charge < -0.3 is 19.3 Å². The summed E-state index contributed by atoms with van der Waals surface area (Å²) in [5.74, 6) is 0. The third-order valence-corrected chi connectivity index (χ3v) is 1.66.